The number of sulfonamides is 1. The number of amides is 1. The van der Waals surface area contributed by atoms with Crippen LogP contribution in [0.5, 0.6) is 0 Å². The van der Waals surface area contributed by atoms with Gasteiger partial charge >= 0.3 is 0 Å². The van der Waals surface area contributed by atoms with Crippen molar-refractivity contribution in [2.45, 2.75) is 47.9 Å². The molecule has 3 N–H and O–H groups in total. The van der Waals surface area contributed by atoms with E-state index in [0.717, 1.165) is 33.8 Å². The van der Waals surface area contributed by atoms with Gasteiger partial charge in [0.15, 0.2) is 5.16 Å². The molecular formula is C21H25N5O3S3. The Balaban J connectivity index is 1.50. The Kier molecular flexibility index (Phi) is 6.44. The van der Waals surface area contributed by atoms with Gasteiger partial charge in [0, 0.05) is 24.7 Å². The van der Waals surface area contributed by atoms with Gasteiger partial charge in [0.05, 0.1) is 15.5 Å². The number of nitrogens with one attached hydrogen (secondary N) is 1. The lowest BCUT2D eigenvalue weighted by atomic mass is 9.97. The van der Waals surface area contributed by atoms with Crippen molar-refractivity contribution in [3.8, 4) is 0 Å². The molecular weight excluding hydrogens is 466 g/mol. The van der Waals surface area contributed by atoms with Crippen LogP contribution in [0.25, 0.3) is 10.2 Å². The molecule has 32 heavy (non-hydrogen) atoms. The Bertz CT molecular complexity index is 1290. The number of thioether (sulfide) groups is 1. The Labute approximate surface area is 195 Å². The van der Waals surface area contributed by atoms with Gasteiger partial charge < -0.3 is 11.1 Å². The van der Waals surface area contributed by atoms with Crippen LogP contribution in [0.4, 0.5) is 11.5 Å². The van der Waals surface area contributed by atoms with Crippen molar-refractivity contribution in [2.75, 3.05) is 25.1 Å². The molecule has 2 heterocycles. The maximum atomic E-state index is 12.7. The van der Waals surface area contributed by atoms with Gasteiger partial charge in [-0.3, -0.25) is 4.79 Å². The number of fused-ring (bicyclic) bond motifs is 3. The van der Waals surface area contributed by atoms with Crippen molar-refractivity contribution < 1.29 is 13.2 Å². The van der Waals surface area contributed by atoms with Crippen molar-refractivity contribution >= 4 is 60.8 Å². The summed E-state index contributed by atoms with van der Waals surface area (Å²) in [4.78, 5) is 24.2. The van der Waals surface area contributed by atoms with E-state index in [1.165, 1.54) is 54.9 Å². The number of rotatable bonds is 6. The van der Waals surface area contributed by atoms with E-state index in [-0.39, 0.29) is 10.8 Å². The molecule has 2 aromatic heterocycles. The quantitative estimate of drug-likeness (QED) is 0.400. The van der Waals surface area contributed by atoms with Crippen LogP contribution < -0.4 is 11.1 Å². The van der Waals surface area contributed by atoms with E-state index < -0.39 is 15.3 Å². The second-order valence-electron chi connectivity index (χ2n) is 7.85. The predicted molar refractivity (Wildman–Crippen MR) is 130 cm³/mol. The zero-order valence-corrected chi connectivity index (χ0v) is 20.5. The first kappa shape index (κ1) is 23.0. The molecule has 1 atom stereocenters. The van der Waals surface area contributed by atoms with E-state index in [2.05, 4.69) is 15.3 Å². The number of anilines is 2. The van der Waals surface area contributed by atoms with Gasteiger partial charge in [0.1, 0.15) is 10.6 Å². The molecule has 0 saturated carbocycles. The summed E-state index contributed by atoms with van der Waals surface area (Å²) in [5.41, 5.74) is 7.95. The molecule has 4 rings (SSSR count). The summed E-state index contributed by atoms with van der Waals surface area (Å²) in [5, 5.41) is 3.70. The van der Waals surface area contributed by atoms with E-state index >= 15 is 0 Å². The smallest absolute Gasteiger partial charge is 0.242 e. The molecule has 8 nitrogen and oxygen atoms in total. The topological polar surface area (TPSA) is 118 Å². The monoisotopic (exact) mass is 491 g/mol. The highest BCUT2D eigenvalue weighted by Gasteiger charge is 2.23. The average molecular weight is 492 g/mol. The van der Waals surface area contributed by atoms with Crippen LogP contribution in [0.15, 0.2) is 34.3 Å². The minimum atomic E-state index is -3.59. The number of nitrogens with zero attached hydrogens (tertiary/aromatic N) is 3. The molecule has 0 spiro atoms. The number of carbonyl (C=O) groups excluding carboxylic acids is 1. The van der Waals surface area contributed by atoms with Gasteiger partial charge in [-0.1, -0.05) is 17.8 Å². The van der Waals surface area contributed by atoms with E-state index in [1.54, 1.807) is 30.4 Å². The normalized spacial score (nSPS) is 15.0. The minimum Gasteiger partial charge on any atom is -0.383 e. The number of aryl methyl sites for hydroxylation is 2. The lowest BCUT2D eigenvalue weighted by molar-refractivity contribution is -0.115. The third kappa shape index (κ3) is 4.47. The number of hydrogen-bond donors (Lipinski definition) is 2. The van der Waals surface area contributed by atoms with Crippen LogP contribution in [-0.2, 0) is 27.7 Å². The number of benzene rings is 1. The van der Waals surface area contributed by atoms with E-state index in [4.69, 9.17) is 5.73 Å². The summed E-state index contributed by atoms with van der Waals surface area (Å²) in [5.74, 6) is 0.188. The highest BCUT2D eigenvalue weighted by Crippen LogP contribution is 2.39. The number of carbonyl (C=O) groups is 1. The third-order valence-corrected chi connectivity index (χ3v) is 9.31. The fourth-order valence-corrected chi connectivity index (χ4v) is 6.67. The SMILES string of the molecule is C[C@H](Sc1nc(N)c2c3c(sc2n1)CCCC3)C(=O)Nc1cccc(S(=O)(=O)N(C)C)c1. The van der Waals surface area contributed by atoms with Gasteiger partial charge in [0.25, 0.3) is 0 Å². The van der Waals surface area contributed by atoms with Gasteiger partial charge in [-0.25, -0.2) is 22.7 Å². The first-order valence-corrected chi connectivity index (χ1v) is 13.4. The maximum absolute atomic E-state index is 12.7. The van der Waals surface area contributed by atoms with Crippen LogP contribution in [0.1, 0.15) is 30.2 Å². The summed E-state index contributed by atoms with van der Waals surface area (Å²) in [7, 11) is -0.659. The van der Waals surface area contributed by atoms with Crippen molar-refractivity contribution in [1.29, 1.82) is 0 Å². The third-order valence-electron chi connectivity index (χ3n) is 5.35. The summed E-state index contributed by atoms with van der Waals surface area (Å²) >= 11 is 2.89. The van der Waals surface area contributed by atoms with Crippen LogP contribution in [0.3, 0.4) is 0 Å². The van der Waals surface area contributed by atoms with E-state index in [0.29, 0.717) is 16.7 Å². The first-order valence-electron chi connectivity index (χ1n) is 10.2. The lowest BCUT2D eigenvalue weighted by Gasteiger charge is -2.14. The second kappa shape index (κ2) is 8.97. The molecule has 0 bridgehead atoms. The van der Waals surface area contributed by atoms with Crippen molar-refractivity contribution in [2.24, 2.45) is 0 Å². The number of aromatic nitrogens is 2. The lowest BCUT2D eigenvalue weighted by Crippen LogP contribution is -2.24. The molecule has 170 valence electrons. The Morgan fingerprint density at radius 2 is 2.00 bits per heavy atom. The molecule has 0 aliphatic heterocycles. The predicted octanol–water partition coefficient (Wildman–Crippen LogP) is 3.52. The standard InChI is InChI=1S/C21H25N5O3S3/c1-12(19(27)23-13-7-6-8-14(11-13)32(28,29)26(2)3)30-21-24-18(22)17-15-9-4-5-10-16(15)31-20(17)25-21/h6-8,11-12H,4-5,9-10H2,1-3H3,(H,23,27)(H2,22,24,25)/t12-/m0/s1. The van der Waals surface area contributed by atoms with Gasteiger partial charge in [0.2, 0.25) is 15.9 Å². The van der Waals surface area contributed by atoms with E-state index in [1.807, 2.05) is 0 Å². The van der Waals surface area contributed by atoms with Crippen LogP contribution >= 0.6 is 23.1 Å². The Morgan fingerprint density at radius 1 is 1.25 bits per heavy atom. The van der Waals surface area contributed by atoms with Crippen LogP contribution in [0, 0.1) is 0 Å². The second-order valence-corrected chi connectivity index (χ2v) is 12.4. The van der Waals surface area contributed by atoms with Gasteiger partial charge in [-0.2, -0.15) is 0 Å². The zero-order valence-electron chi connectivity index (χ0n) is 18.1. The summed E-state index contributed by atoms with van der Waals surface area (Å²) in [6.45, 7) is 1.75. The summed E-state index contributed by atoms with van der Waals surface area (Å²) in [6.07, 6.45) is 4.41. The fraction of sp³-hybridized carbons (Fsp3) is 0.381. The highest BCUT2D eigenvalue weighted by molar-refractivity contribution is 8.00. The molecule has 1 amide bonds. The molecule has 0 fully saturated rings. The molecule has 1 aliphatic carbocycles. The number of nitrogen functional groups attached to an aromatic ring is 1. The molecule has 1 aliphatic rings. The van der Waals surface area contributed by atoms with Crippen molar-refractivity contribution in [1.82, 2.24) is 14.3 Å². The number of thiophene rings is 1. The fourth-order valence-electron chi connectivity index (χ4n) is 3.62. The largest absolute Gasteiger partial charge is 0.383 e. The Hall–Kier alpha value is -2.21. The molecule has 3 aromatic rings. The molecule has 0 radical (unpaired) electrons. The van der Waals surface area contributed by atoms with Gasteiger partial charge in [-0.05, 0) is 56.4 Å². The molecule has 1 aromatic carbocycles. The minimum absolute atomic E-state index is 0.115. The summed E-state index contributed by atoms with van der Waals surface area (Å²) < 4.78 is 25.8. The van der Waals surface area contributed by atoms with Crippen LogP contribution in [-0.4, -0.2) is 47.9 Å². The number of hydrogen-bond acceptors (Lipinski definition) is 8. The Morgan fingerprint density at radius 3 is 2.75 bits per heavy atom. The molecule has 0 unspecified atom stereocenters. The van der Waals surface area contributed by atoms with Gasteiger partial charge in [-0.15, -0.1) is 11.3 Å². The first-order chi connectivity index (χ1) is 15.2. The number of nitrogens with two attached hydrogens (primary N) is 1. The zero-order chi connectivity index (χ0) is 23.0. The molecule has 0 saturated heterocycles. The highest BCUT2D eigenvalue weighted by atomic mass is 32.2. The maximum Gasteiger partial charge on any atom is 0.242 e. The van der Waals surface area contributed by atoms with Crippen molar-refractivity contribution in [3.05, 3.63) is 34.7 Å². The van der Waals surface area contributed by atoms with Crippen molar-refractivity contribution in [3.63, 3.8) is 0 Å². The molecule has 11 heteroatoms. The van der Waals surface area contributed by atoms with Crippen LogP contribution in [0.2, 0.25) is 0 Å². The van der Waals surface area contributed by atoms with E-state index in [9.17, 15) is 13.2 Å². The average Bonchev–Trinajstić information content (AvgIpc) is 3.12. The summed E-state index contributed by atoms with van der Waals surface area (Å²) in [6, 6.07) is 6.19.